The van der Waals surface area contributed by atoms with Crippen molar-refractivity contribution in [3.63, 3.8) is 0 Å². The molecule has 2 amide bonds. The number of nitrogens with two attached hydrogens (primary N) is 1. The molecule has 0 aromatic carbocycles. The van der Waals surface area contributed by atoms with E-state index in [-0.39, 0.29) is 41.6 Å². The van der Waals surface area contributed by atoms with Gasteiger partial charge in [-0.1, -0.05) is 152 Å². The summed E-state index contributed by atoms with van der Waals surface area (Å²) in [4.78, 5) is 88.7. The number of amides is 2. The fraction of sp³-hybridized carbons (Fsp3) is 0.686. The van der Waals surface area contributed by atoms with Crippen LogP contribution in [0.15, 0.2) is 61.3 Å². The average Bonchev–Trinajstić information content (AvgIpc) is 4.12. The molecule has 0 spiro atoms. The number of hydrogen-bond donors (Lipinski definition) is 9. The zero-order valence-corrected chi connectivity index (χ0v) is 49.3. The number of nitrogens with zero attached hydrogens (tertiary/aromatic N) is 4. The quantitative estimate of drug-likeness (QED) is 0.0170. The Balaban J connectivity index is 1.18. The van der Waals surface area contributed by atoms with Gasteiger partial charge in [0, 0.05) is 37.1 Å². The van der Waals surface area contributed by atoms with E-state index in [1.54, 1.807) is 0 Å². The molecule has 448 valence electrons. The molecule has 0 aliphatic carbocycles. The number of aliphatic hydroxyl groups is 2. The number of carbonyl (C=O) groups is 3. The van der Waals surface area contributed by atoms with Crippen LogP contribution in [-0.2, 0) is 50.7 Å². The lowest BCUT2D eigenvalue weighted by molar-refractivity contribution is -0.137. The molecule has 24 nitrogen and oxygen atoms in total. The van der Waals surface area contributed by atoms with Gasteiger partial charge in [0.2, 0.25) is 11.8 Å². The first-order valence-electron chi connectivity index (χ1n) is 27.2. The first-order valence-corrected chi connectivity index (χ1v) is 32.7. The van der Waals surface area contributed by atoms with Crippen LogP contribution < -0.4 is 16.4 Å². The second-order valence-electron chi connectivity index (χ2n) is 19.8. The van der Waals surface area contributed by atoms with Crippen LogP contribution in [0.3, 0.4) is 0 Å². The predicted molar refractivity (Wildman–Crippen MR) is 302 cm³/mol. The number of unbranched alkanes of at least 4 members (excludes halogenated alkanes) is 14. The van der Waals surface area contributed by atoms with E-state index < -0.39 is 84.6 Å². The maximum absolute atomic E-state index is 12.8. The fourth-order valence-corrected chi connectivity index (χ4v) is 11.6. The topological polar surface area (TPSA) is 364 Å². The highest BCUT2D eigenvalue weighted by Gasteiger charge is 2.50. The third-order valence-corrected chi connectivity index (χ3v) is 16.5. The normalized spacial score (nSPS) is 19.3. The highest BCUT2D eigenvalue weighted by Crippen LogP contribution is 2.61. The summed E-state index contributed by atoms with van der Waals surface area (Å²) in [6.45, 7) is 2.80. The number of aliphatic hydroxyl groups excluding tert-OH is 2. The van der Waals surface area contributed by atoms with Crippen molar-refractivity contribution < 1.29 is 80.5 Å². The molecule has 2 aromatic heterocycles. The molecule has 0 saturated carbocycles. The highest BCUT2D eigenvalue weighted by molar-refractivity contribution is 8.13. The molecule has 3 heterocycles. The number of phosphoric ester groups is 3. The van der Waals surface area contributed by atoms with Gasteiger partial charge in [0.1, 0.15) is 36.3 Å². The maximum atomic E-state index is 12.8. The van der Waals surface area contributed by atoms with Crippen molar-refractivity contribution in [2.45, 2.75) is 186 Å². The number of fused-ring (bicyclic) bond motifs is 1. The van der Waals surface area contributed by atoms with E-state index in [0.717, 1.165) is 73.9 Å². The van der Waals surface area contributed by atoms with Gasteiger partial charge in [0.15, 0.2) is 22.8 Å². The monoisotopic (exact) mass is 1190 g/mol. The number of ether oxygens (including phenoxy) is 1. The number of phosphoric acid groups is 3. The van der Waals surface area contributed by atoms with Gasteiger partial charge in [-0.3, -0.25) is 32.5 Å². The lowest BCUT2D eigenvalue weighted by Crippen LogP contribution is -2.46. The molecule has 1 saturated heterocycles. The second-order valence-corrected chi connectivity index (χ2v) is 25.2. The number of allylic oxidation sites excluding steroid dienone is 8. The Morgan fingerprint density at radius 1 is 0.772 bits per heavy atom. The molecule has 1 fully saturated rings. The minimum absolute atomic E-state index is 0.0328. The number of rotatable bonds is 43. The van der Waals surface area contributed by atoms with Crippen molar-refractivity contribution in [1.82, 2.24) is 30.2 Å². The zero-order valence-electron chi connectivity index (χ0n) is 45.8. The molecule has 2 aromatic rings. The molecular formula is C51H86N7O17P3S. The van der Waals surface area contributed by atoms with Crippen LogP contribution in [0.4, 0.5) is 5.82 Å². The molecule has 1 aliphatic rings. The molecular weight excluding hydrogens is 1110 g/mol. The van der Waals surface area contributed by atoms with Crippen molar-refractivity contribution in [3.05, 3.63) is 61.3 Å². The molecule has 0 radical (unpaired) electrons. The Bertz CT molecular complexity index is 2400. The van der Waals surface area contributed by atoms with Gasteiger partial charge in [0.05, 0.1) is 19.5 Å². The first kappa shape index (κ1) is 69.8. The standard InChI is InChI=1S/C51H86N7O17P3S/c1-4-5-6-7-8-9-10-11-12-13-14-15-16-17-18-19-20-21-22-23-24-25-26-27-28-29-30-31-42(60)79-35-34-53-41(59)32-33-54-49(63)46(62)51(2,3)37-72-78(69,70)75-77(67,68)71-36-40-45(74-76(64,65)66)44(61)50(73-40)58-39-57-43-47(52)55-38-56-48(43)58/h8-9,11-12,14-15,17-18,38-40,44-46,50,61-62H,4-7,10,13,16,19-37H2,1-3H3,(H,53,59)(H,54,63)(H,67,68)(H,69,70)(H2,52,55,56)(H2,64,65,66)/b9-8-,12-11-,15-14-,18-17-/t40-,44-,45-,46+,50-/m1/s1. The third-order valence-electron chi connectivity index (χ3n) is 12.5. The Kier molecular flexibility index (Phi) is 33.2. The Morgan fingerprint density at radius 3 is 1.92 bits per heavy atom. The van der Waals surface area contributed by atoms with E-state index in [4.69, 9.17) is 19.5 Å². The molecule has 28 heteroatoms. The molecule has 10 N–H and O–H groups in total. The van der Waals surface area contributed by atoms with Crippen LogP contribution in [-0.4, -0.2) is 123 Å². The molecule has 2 unspecified atom stereocenters. The molecule has 0 bridgehead atoms. The largest absolute Gasteiger partial charge is 0.481 e. The Morgan fingerprint density at radius 2 is 1.33 bits per heavy atom. The Labute approximate surface area is 468 Å². The summed E-state index contributed by atoms with van der Waals surface area (Å²) in [5.41, 5.74) is 4.29. The predicted octanol–water partition coefficient (Wildman–Crippen LogP) is 8.71. The lowest BCUT2D eigenvalue weighted by atomic mass is 9.87. The van der Waals surface area contributed by atoms with E-state index in [1.165, 1.54) is 90.9 Å². The zero-order chi connectivity index (χ0) is 58.2. The number of nitrogen functional groups attached to an aromatic ring is 1. The summed E-state index contributed by atoms with van der Waals surface area (Å²) in [5, 5.41) is 26.7. The number of imidazole rings is 1. The SMILES string of the molecule is CCCCC/C=C\C/C=C\C/C=C\C/C=C\CCCCCCCCCCCCCC(=O)SCCNC(=O)CCNC(=O)[C@H](O)C(C)(C)COP(=O)(O)OP(=O)(O)OC[C@H]1O[C@@H](n2cnc3c(N)ncnc32)[C@H](O)[C@@H]1OP(=O)(O)O. The van der Waals surface area contributed by atoms with E-state index in [1.807, 2.05) is 0 Å². The van der Waals surface area contributed by atoms with Gasteiger partial charge >= 0.3 is 23.5 Å². The van der Waals surface area contributed by atoms with Crippen molar-refractivity contribution in [2.24, 2.45) is 5.41 Å². The average molecular weight is 1190 g/mol. The molecule has 7 atom stereocenters. The minimum atomic E-state index is -5.58. The van der Waals surface area contributed by atoms with E-state index >= 15 is 0 Å². The number of carbonyl (C=O) groups excluding carboxylic acids is 3. The van der Waals surface area contributed by atoms with Crippen LogP contribution in [0.25, 0.3) is 11.2 Å². The second kappa shape index (κ2) is 37.6. The van der Waals surface area contributed by atoms with Gasteiger partial charge in [-0.2, -0.15) is 4.31 Å². The molecule has 1 aliphatic heterocycles. The minimum Gasteiger partial charge on any atom is -0.386 e. The highest BCUT2D eigenvalue weighted by atomic mass is 32.2. The van der Waals surface area contributed by atoms with Gasteiger partial charge < -0.3 is 50.9 Å². The van der Waals surface area contributed by atoms with Crippen LogP contribution in [0, 0.1) is 5.41 Å². The first-order chi connectivity index (χ1) is 37.6. The van der Waals surface area contributed by atoms with Crippen molar-refractivity contribution in [1.29, 1.82) is 0 Å². The summed E-state index contributed by atoms with van der Waals surface area (Å²) in [7, 11) is -16.4. The van der Waals surface area contributed by atoms with Crippen molar-refractivity contribution in [2.75, 3.05) is 37.8 Å². The lowest BCUT2D eigenvalue weighted by Gasteiger charge is -2.30. The van der Waals surface area contributed by atoms with Gasteiger partial charge in [-0.15, -0.1) is 0 Å². The summed E-state index contributed by atoms with van der Waals surface area (Å²) in [5.74, 6) is -1.03. The number of thioether (sulfide) groups is 1. The van der Waals surface area contributed by atoms with Gasteiger partial charge in [-0.25, -0.2) is 28.6 Å². The summed E-state index contributed by atoms with van der Waals surface area (Å²) >= 11 is 1.15. The molecule has 3 rings (SSSR count). The van der Waals surface area contributed by atoms with E-state index in [0.29, 0.717) is 12.2 Å². The number of anilines is 1. The summed E-state index contributed by atoms with van der Waals surface area (Å²) in [6.07, 6.45) is 33.8. The fourth-order valence-electron chi connectivity index (χ4n) is 8.05. The maximum Gasteiger partial charge on any atom is 0.481 e. The number of nitrogens with one attached hydrogen (secondary N) is 2. The van der Waals surface area contributed by atoms with E-state index in [9.17, 15) is 57.9 Å². The summed E-state index contributed by atoms with van der Waals surface area (Å²) in [6, 6.07) is 0. The van der Waals surface area contributed by atoms with Gasteiger partial charge in [-0.05, 0) is 51.4 Å². The molecule has 79 heavy (non-hydrogen) atoms. The smallest absolute Gasteiger partial charge is 0.386 e. The van der Waals surface area contributed by atoms with Gasteiger partial charge in [0.25, 0.3) is 0 Å². The van der Waals surface area contributed by atoms with E-state index in [2.05, 4.69) is 90.0 Å². The van der Waals surface area contributed by atoms with Crippen LogP contribution >= 0.6 is 35.2 Å². The number of hydrogen-bond acceptors (Lipinski definition) is 18. The van der Waals surface area contributed by atoms with Crippen molar-refractivity contribution >= 4 is 69.1 Å². The third kappa shape index (κ3) is 29.4. The summed E-state index contributed by atoms with van der Waals surface area (Å²) < 4.78 is 62.6. The van der Waals surface area contributed by atoms with Crippen LogP contribution in [0.2, 0.25) is 0 Å². The van der Waals surface area contributed by atoms with Crippen LogP contribution in [0.1, 0.15) is 162 Å². The van der Waals surface area contributed by atoms with Crippen molar-refractivity contribution in [3.8, 4) is 0 Å². The number of aromatic nitrogens is 4. The Hall–Kier alpha value is -3.48. The van der Waals surface area contributed by atoms with Crippen LogP contribution in [0.5, 0.6) is 0 Å².